The van der Waals surface area contributed by atoms with E-state index in [0.717, 1.165) is 4.90 Å². The standard InChI is InChI=1S/C10H10F5N3O3S/c11-22(12,13,14,15)7-1-2-8(9(5-7)18(20)21)17-4-3-16-10(19)6-17/h1-2,5H,3-4,6H2,(H,16,19). The molecule has 1 aliphatic rings. The summed E-state index contributed by atoms with van der Waals surface area (Å²) >= 11 is 0. The molecule has 0 aromatic heterocycles. The van der Waals surface area contributed by atoms with Crippen molar-refractivity contribution in [3.63, 3.8) is 0 Å². The number of nitrogens with one attached hydrogen (secondary N) is 1. The van der Waals surface area contributed by atoms with E-state index in [0.29, 0.717) is 6.07 Å². The molecule has 124 valence electrons. The Labute approximate surface area is 120 Å². The van der Waals surface area contributed by atoms with Crippen LogP contribution in [-0.2, 0) is 4.79 Å². The third-order valence-corrected chi connectivity index (χ3v) is 4.11. The number of halogens is 5. The highest BCUT2D eigenvalue weighted by molar-refractivity contribution is 8.45. The van der Waals surface area contributed by atoms with Crippen molar-refractivity contribution in [2.75, 3.05) is 24.5 Å². The minimum atomic E-state index is -10.0. The first-order valence-corrected chi connectivity index (χ1v) is 7.77. The van der Waals surface area contributed by atoms with Crippen LogP contribution < -0.4 is 10.2 Å². The predicted octanol–water partition coefficient (Wildman–Crippen LogP) is 3.19. The Balaban J connectivity index is 2.54. The highest BCUT2D eigenvalue weighted by Crippen LogP contribution is 3.02. The Bertz CT molecular complexity index is 664. The van der Waals surface area contributed by atoms with Crippen LogP contribution in [-0.4, -0.2) is 30.5 Å². The van der Waals surface area contributed by atoms with Crippen LogP contribution in [0.15, 0.2) is 23.1 Å². The first-order chi connectivity index (χ1) is 9.77. The van der Waals surface area contributed by atoms with Gasteiger partial charge in [-0.1, -0.05) is 19.4 Å². The van der Waals surface area contributed by atoms with E-state index < -0.39 is 31.6 Å². The molecule has 1 N–H and O–H groups in total. The lowest BCUT2D eigenvalue weighted by atomic mass is 10.2. The van der Waals surface area contributed by atoms with Gasteiger partial charge >= 0.3 is 10.2 Å². The quantitative estimate of drug-likeness (QED) is 0.518. The molecule has 0 atom stereocenters. The lowest BCUT2D eigenvalue weighted by molar-refractivity contribution is -0.384. The Kier molecular flexibility index (Phi) is 3.11. The van der Waals surface area contributed by atoms with Crippen molar-refractivity contribution < 1.29 is 29.1 Å². The number of piperazine rings is 1. The predicted molar refractivity (Wildman–Crippen MR) is 69.7 cm³/mol. The molecule has 0 spiro atoms. The van der Waals surface area contributed by atoms with Crippen molar-refractivity contribution in [2.45, 2.75) is 4.90 Å². The summed E-state index contributed by atoms with van der Waals surface area (Å²) in [5.74, 6) is -0.475. The number of hydrogen-bond acceptors (Lipinski definition) is 4. The third-order valence-electron chi connectivity index (χ3n) is 2.97. The van der Waals surface area contributed by atoms with E-state index in [-0.39, 0.29) is 37.5 Å². The third kappa shape index (κ3) is 3.37. The van der Waals surface area contributed by atoms with Gasteiger partial charge in [-0.15, -0.1) is 0 Å². The molecule has 12 heteroatoms. The number of carbonyl (C=O) groups is 1. The first-order valence-electron chi connectivity index (χ1n) is 5.82. The smallest absolute Gasteiger partial charge is 0.310 e. The fourth-order valence-electron chi connectivity index (χ4n) is 2.00. The molecule has 1 aromatic rings. The zero-order valence-electron chi connectivity index (χ0n) is 10.8. The molecule has 1 aromatic carbocycles. The number of benzene rings is 1. The molecule has 1 amide bonds. The van der Waals surface area contributed by atoms with Gasteiger partial charge in [-0.05, 0) is 12.1 Å². The molecular formula is C10H10F5N3O3S. The molecule has 0 aliphatic carbocycles. The molecule has 0 bridgehead atoms. The van der Waals surface area contributed by atoms with Crippen LogP contribution in [0.25, 0.3) is 0 Å². The Morgan fingerprint density at radius 1 is 1.23 bits per heavy atom. The number of anilines is 1. The lowest BCUT2D eigenvalue weighted by Crippen LogP contribution is -2.47. The largest absolute Gasteiger partial charge is 0.355 e. The summed E-state index contributed by atoms with van der Waals surface area (Å²) in [5, 5.41) is 13.3. The van der Waals surface area contributed by atoms with Crippen molar-refractivity contribution >= 4 is 27.5 Å². The van der Waals surface area contributed by atoms with Gasteiger partial charge in [0.2, 0.25) is 5.91 Å². The van der Waals surface area contributed by atoms with Gasteiger partial charge in [0.15, 0.2) is 0 Å². The second-order valence-electron chi connectivity index (χ2n) is 4.65. The maximum absolute atomic E-state index is 12.7. The van der Waals surface area contributed by atoms with Crippen LogP contribution in [0, 0.1) is 10.1 Å². The van der Waals surface area contributed by atoms with Gasteiger partial charge in [0, 0.05) is 19.2 Å². The number of amides is 1. The minimum absolute atomic E-state index is 0.0937. The molecule has 22 heavy (non-hydrogen) atoms. The SMILES string of the molecule is O=C1CN(c2ccc(S(F)(F)(F)(F)F)cc2[N+](=O)[O-])CCN1. The number of carbonyl (C=O) groups excluding carboxylic acids is 1. The number of hydrogen-bond donors (Lipinski definition) is 1. The zero-order valence-corrected chi connectivity index (χ0v) is 11.6. The highest BCUT2D eigenvalue weighted by Gasteiger charge is 2.66. The Morgan fingerprint density at radius 2 is 1.86 bits per heavy atom. The van der Waals surface area contributed by atoms with E-state index in [1.807, 2.05) is 0 Å². The summed E-state index contributed by atoms with van der Waals surface area (Å²) in [5.41, 5.74) is -1.44. The minimum Gasteiger partial charge on any atom is -0.355 e. The molecule has 1 fully saturated rings. The summed E-state index contributed by atoms with van der Waals surface area (Å²) in [6.45, 7) is -0.0573. The van der Waals surface area contributed by atoms with E-state index in [9.17, 15) is 34.3 Å². The molecule has 0 radical (unpaired) electrons. The van der Waals surface area contributed by atoms with Crippen LogP contribution in [0.5, 0.6) is 0 Å². The van der Waals surface area contributed by atoms with Crippen molar-refractivity contribution in [1.82, 2.24) is 5.32 Å². The van der Waals surface area contributed by atoms with Crippen LogP contribution in [0.2, 0.25) is 0 Å². The molecule has 1 saturated heterocycles. The van der Waals surface area contributed by atoms with E-state index in [4.69, 9.17) is 0 Å². The van der Waals surface area contributed by atoms with Gasteiger partial charge in [-0.3, -0.25) is 14.9 Å². The van der Waals surface area contributed by atoms with E-state index in [2.05, 4.69) is 5.32 Å². The Hall–Kier alpha value is -2.11. The van der Waals surface area contributed by atoms with Crippen molar-refractivity contribution in [3.05, 3.63) is 28.3 Å². The molecule has 1 heterocycles. The van der Waals surface area contributed by atoms with Crippen molar-refractivity contribution in [3.8, 4) is 0 Å². The molecule has 0 unspecified atom stereocenters. The fraction of sp³-hybridized carbons (Fsp3) is 0.300. The Morgan fingerprint density at radius 3 is 2.36 bits per heavy atom. The molecule has 1 aliphatic heterocycles. The fourth-order valence-corrected chi connectivity index (χ4v) is 2.66. The average molecular weight is 347 g/mol. The summed E-state index contributed by atoms with van der Waals surface area (Å²) < 4.78 is 63.6. The van der Waals surface area contributed by atoms with Crippen LogP contribution in [0.3, 0.4) is 0 Å². The van der Waals surface area contributed by atoms with Crippen LogP contribution in [0.4, 0.5) is 30.8 Å². The normalized spacial score (nSPS) is 19.1. The average Bonchev–Trinajstić information content (AvgIpc) is 2.35. The van der Waals surface area contributed by atoms with Crippen LogP contribution >= 0.6 is 10.2 Å². The summed E-state index contributed by atoms with van der Waals surface area (Å²) in [4.78, 5) is 19.8. The molecule has 2 rings (SSSR count). The second-order valence-corrected chi connectivity index (χ2v) is 7.06. The zero-order chi connectivity index (χ0) is 16.8. The molecule has 0 saturated carbocycles. The molecule has 6 nitrogen and oxygen atoms in total. The highest BCUT2D eigenvalue weighted by atomic mass is 32.5. The molecular weight excluding hydrogens is 337 g/mol. The van der Waals surface area contributed by atoms with E-state index in [1.165, 1.54) is 0 Å². The number of nitrogens with zero attached hydrogens (tertiary/aromatic N) is 2. The number of nitro benzene ring substituents is 1. The van der Waals surface area contributed by atoms with Crippen LogP contribution in [0.1, 0.15) is 0 Å². The van der Waals surface area contributed by atoms with Gasteiger partial charge in [-0.25, -0.2) is 0 Å². The van der Waals surface area contributed by atoms with Gasteiger partial charge in [0.25, 0.3) is 5.69 Å². The van der Waals surface area contributed by atoms with Crippen molar-refractivity contribution in [2.24, 2.45) is 0 Å². The van der Waals surface area contributed by atoms with E-state index >= 15 is 0 Å². The maximum Gasteiger partial charge on any atom is 0.310 e. The summed E-state index contributed by atoms with van der Waals surface area (Å²) in [6, 6.07) is 0.490. The first kappa shape index (κ1) is 16.3. The summed E-state index contributed by atoms with van der Waals surface area (Å²) in [6.07, 6.45) is 0. The van der Waals surface area contributed by atoms with Gasteiger partial charge in [0.05, 0.1) is 11.5 Å². The van der Waals surface area contributed by atoms with Gasteiger partial charge in [0.1, 0.15) is 10.6 Å². The monoisotopic (exact) mass is 347 g/mol. The van der Waals surface area contributed by atoms with E-state index in [1.54, 1.807) is 0 Å². The van der Waals surface area contributed by atoms with Gasteiger partial charge in [-0.2, -0.15) is 0 Å². The topological polar surface area (TPSA) is 75.5 Å². The maximum atomic E-state index is 12.7. The van der Waals surface area contributed by atoms with Gasteiger partial charge < -0.3 is 10.2 Å². The van der Waals surface area contributed by atoms with Crippen molar-refractivity contribution in [1.29, 1.82) is 0 Å². The summed E-state index contributed by atoms with van der Waals surface area (Å²) in [7, 11) is -10.0. The lowest BCUT2D eigenvalue weighted by Gasteiger charge is -2.40. The second kappa shape index (κ2) is 4.21. The number of rotatable bonds is 3. The number of nitro groups is 1.